The van der Waals surface area contributed by atoms with Gasteiger partial charge in [-0.25, -0.2) is 0 Å². The highest BCUT2D eigenvalue weighted by atomic mass is 16.3. The molecule has 1 heterocycles. The maximum atomic E-state index is 9.87. The Balaban J connectivity index is 2.25. The molecule has 94 valence electrons. The van der Waals surface area contributed by atoms with E-state index in [9.17, 15) is 5.11 Å². The first-order valence-corrected chi connectivity index (χ1v) is 6.43. The predicted molar refractivity (Wildman–Crippen MR) is 68.9 cm³/mol. The first kappa shape index (κ1) is 13.5. The Hall–Kier alpha value is -0.570. The Morgan fingerprint density at radius 1 is 1.31 bits per heavy atom. The maximum absolute atomic E-state index is 9.87. The average molecular weight is 226 g/mol. The van der Waals surface area contributed by atoms with Gasteiger partial charge in [-0.3, -0.25) is 4.99 Å². The summed E-state index contributed by atoms with van der Waals surface area (Å²) in [6, 6.07) is 0. The highest BCUT2D eigenvalue weighted by molar-refractivity contribution is 5.82. The van der Waals surface area contributed by atoms with Gasteiger partial charge in [-0.2, -0.15) is 0 Å². The van der Waals surface area contributed by atoms with E-state index in [4.69, 9.17) is 0 Å². The van der Waals surface area contributed by atoms with Crippen LogP contribution in [0.25, 0.3) is 0 Å². The molecular weight excluding hydrogens is 200 g/mol. The topological polar surface area (TPSA) is 44.6 Å². The largest absolute Gasteiger partial charge is 0.391 e. The molecule has 0 saturated carbocycles. The van der Waals surface area contributed by atoms with Gasteiger partial charge >= 0.3 is 0 Å². The quantitative estimate of drug-likeness (QED) is 0.776. The summed E-state index contributed by atoms with van der Waals surface area (Å²) in [7, 11) is 0. The number of aliphatic imine (C=N–C) groups is 1. The lowest BCUT2D eigenvalue weighted by Crippen LogP contribution is -2.34. The van der Waals surface area contributed by atoms with Crippen LogP contribution in [0, 0.1) is 5.41 Å². The van der Waals surface area contributed by atoms with Gasteiger partial charge in [-0.1, -0.05) is 27.2 Å². The minimum absolute atomic E-state index is 0.187. The standard InChI is InChI=1S/C13H26N2O/c1-13(2,3)9-11(16)10-15-12-7-5-4-6-8-14-12/h11,16H,4-10H2,1-3H3,(H,14,15). The molecule has 1 aliphatic heterocycles. The first-order chi connectivity index (χ1) is 7.47. The third-order valence-electron chi connectivity index (χ3n) is 2.76. The van der Waals surface area contributed by atoms with E-state index in [1.807, 2.05) is 0 Å². The second-order valence-electron chi connectivity index (χ2n) is 5.94. The Kier molecular flexibility index (Phi) is 5.26. The third kappa shape index (κ3) is 6.11. The summed E-state index contributed by atoms with van der Waals surface area (Å²) >= 11 is 0. The van der Waals surface area contributed by atoms with Crippen molar-refractivity contribution in [3.63, 3.8) is 0 Å². The van der Waals surface area contributed by atoms with E-state index in [1.54, 1.807) is 0 Å². The van der Waals surface area contributed by atoms with Crippen LogP contribution in [-0.4, -0.2) is 30.1 Å². The maximum Gasteiger partial charge on any atom is 0.0963 e. The molecule has 16 heavy (non-hydrogen) atoms. The van der Waals surface area contributed by atoms with Crippen LogP contribution in [0.15, 0.2) is 4.99 Å². The molecule has 1 aliphatic rings. The Labute approximate surface area is 99.4 Å². The summed E-state index contributed by atoms with van der Waals surface area (Å²) in [4.78, 5) is 4.49. The van der Waals surface area contributed by atoms with Gasteiger partial charge in [-0.05, 0) is 24.7 Å². The van der Waals surface area contributed by atoms with Gasteiger partial charge in [0.25, 0.3) is 0 Å². The molecule has 0 fully saturated rings. The molecule has 0 aliphatic carbocycles. The second kappa shape index (κ2) is 6.24. The monoisotopic (exact) mass is 226 g/mol. The number of hydrogen-bond acceptors (Lipinski definition) is 3. The summed E-state index contributed by atoms with van der Waals surface area (Å²) in [5.41, 5.74) is 0.187. The number of nitrogens with zero attached hydrogens (tertiary/aromatic N) is 1. The van der Waals surface area contributed by atoms with Gasteiger partial charge in [0.05, 0.1) is 11.9 Å². The van der Waals surface area contributed by atoms with Crippen LogP contribution in [0.4, 0.5) is 0 Å². The minimum Gasteiger partial charge on any atom is -0.391 e. The molecule has 2 N–H and O–H groups in total. The summed E-state index contributed by atoms with van der Waals surface area (Å²) < 4.78 is 0. The molecule has 3 nitrogen and oxygen atoms in total. The van der Waals surface area contributed by atoms with Crippen LogP contribution in [0.1, 0.15) is 52.9 Å². The van der Waals surface area contributed by atoms with E-state index < -0.39 is 0 Å². The van der Waals surface area contributed by atoms with Crippen molar-refractivity contribution in [3.05, 3.63) is 0 Å². The fourth-order valence-corrected chi connectivity index (χ4v) is 2.03. The first-order valence-electron chi connectivity index (χ1n) is 6.43. The van der Waals surface area contributed by atoms with Crippen molar-refractivity contribution in [2.45, 2.75) is 59.0 Å². The molecular formula is C13H26N2O. The fourth-order valence-electron chi connectivity index (χ4n) is 2.03. The molecule has 0 aromatic heterocycles. The molecule has 0 spiro atoms. The zero-order valence-electron chi connectivity index (χ0n) is 10.9. The Morgan fingerprint density at radius 2 is 2.06 bits per heavy atom. The lowest BCUT2D eigenvalue weighted by molar-refractivity contribution is 0.124. The molecule has 0 aromatic carbocycles. The van der Waals surface area contributed by atoms with E-state index in [0.717, 1.165) is 25.2 Å². The van der Waals surface area contributed by atoms with Gasteiger partial charge < -0.3 is 10.4 Å². The van der Waals surface area contributed by atoms with Gasteiger partial charge in [0.15, 0.2) is 0 Å². The smallest absolute Gasteiger partial charge is 0.0963 e. The molecule has 0 aromatic rings. The van der Waals surface area contributed by atoms with E-state index in [2.05, 4.69) is 31.1 Å². The summed E-state index contributed by atoms with van der Waals surface area (Å²) in [6.07, 6.45) is 5.30. The lowest BCUT2D eigenvalue weighted by Gasteiger charge is -2.23. The minimum atomic E-state index is -0.272. The number of hydrogen-bond donors (Lipinski definition) is 2. The second-order valence-corrected chi connectivity index (χ2v) is 5.94. The van der Waals surface area contributed by atoms with Crippen LogP contribution >= 0.6 is 0 Å². The van der Waals surface area contributed by atoms with E-state index in [1.165, 1.54) is 19.3 Å². The summed E-state index contributed by atoms with van der Waals surface area (Å²) in [5.74, 6) is 1.09. The number of amidine groups is 1. The average Bonchev–Trinajstić information content (AvgIpc) is 2.39. The zero-order chi connectivity index (χ0) is 12.0. The molecule has 0 radical (unpaired) electrons. The van der Waals surface area contributed by atoms with Crippen LogP contribution in [0.3, 0.4) is 0 Å². The summed E-state index contributed by atoms with van der Waals surface area (Å²) in [5, 5.41) is 13.2. The SMILES string of the molecule is CC(C)(C)CC(O)CNC1=NCCCCC1. The van der Waals surface area contributed by atoms with Gasteiger partial charge in [0.1, 0.15) is 0 Å². The molecule has 1 rings (SSSR count). The van der Waals surface area contributed by atoms with Crippen molar-refractivity contribution in [2.75, 3.05) is 13.1 Å². The van der Waals surface area contributed by atoms with Crippen molar-refractivity contribution in [2.24, 2.45) is 10.4 Å². The fraction of sp³-hybridized carbons (Fsp3) is 0.923. The summed E-state index contributed by atoms with van der Waals surface area (Å²) in [6.45, 7) is 8.03. The van der Waals surface area contributed by atoms with E-state index in [0.29, 0.717) is 6.54 Å². The van der Waals surface area contributed by atoms with Crippen LogP contribution in [0.2, 0.25) is 0 Å². The number of aliphatic hydroxyl groups is 1. The highest BCUT2D eigenvalue weighted by Crippen LogP contribution is 2.20. The molecule has 1 atom stereocenters. The molecule has 0 saturated heterocycles. The molecule has 0 bridgehead atoms. The van der Waals surface area contributed by atoms with Gasteiger partial charge in [0, 0.05) is 19.5 Å². The van der Waals surface area contributed by atoms with Crippen LogP contribution in [0.5, 0.6) is 0 Å². The molecule has 0 amide bonds. The number of aliphatic hydroxyl groups excluding tert-OH is 1. The van der Waals surface area contributed by atoms with Crippen molar-refractivity contribution >= 4 is 5.84 Å². The third-order valence-corrected chi connectivity index (χ3v) is 2.76. The molecule has 1 unspecified atom stereocenters. The van der Waals surface area contributed by atoms with Crippen LogP contribution < -0.4 is 5.32 Å². The van der Waals surface area contributed by atoms with Crippen molar-refractivity contribution in [1.29, 1.82) is 0 Å². The normalized spacial score (nSPS) is 19.9. The number of rotatable bonds is 3. The van der Waals surface area contributed by atoms with E-state index >= 15 is 0 Å². The van der Waals surface area contributed by atoms with Gasteiger partial charge in [0.2, 0.25) is 0 Å². The Morgan fingerprint density at radius 3 is 2.75 bits per heavy atom. The van der Waals surface area contributed by atoms with Gasteiger partial charge in [-0.15, -0.1) is 0 Å². The van der Waals surface area contributed by atoms with Crippen molar-refractivity contribution < 1.29 is 5.11 Å². The Bertz CT molecular complexity index is 231. The number of nitrogens with one attached hydrogen (secondary N) is 1. The zero-order valence-corrected chi connectivity index (χ0v) is 10.9. The highest BCUT2D eigenvalue weighted by Gasteiger charge is 2.16. The van der Waals surface area contributed by atoms with E-state index in [-0.39, 0.29) is 11.5 Å². The van der Waals surface area contributed by atoms with Crippen LogP contribution in [-0.2, 0) is 0 Å². The van der Waals surface area contributed by atoms with Crippen molar-refractivity contribution in [3.8, 4) is 0 Å². The lowest BCUT2D eigenvalue weighted by atomic mass is 9.89. The predicted octanol–water partition coefficient (Wildman–Crippen LogP) is 2.35. The van der Waals surface area contributed by atoms with Crippen molar-refractivity contribution in [1.82, 2.24) is 5.32 Å². The molecule has 3 heteroatoms.